The molecule has 1 saturated carbocycles. The first-order valence-electron chi connectivity index (χ1n) is 7.30. The van der Waals surface area contributed by atoms with Crippen molar-refractivity contribution in [1.29, 1.82) is 0 Å². The molecule has 1 fully saturated rings. The Hall–Kier alpha value is -1.35. The van der Waals surface area contributed by atoms with E-state index in [1.54, 1.807) is 7.11 Å². The van der Waals surface area contributed by atoms with Gasteiger partial charge in [-0.1, -0.05) is 18.9 Å². The average molecular weight is 275 g/mol. The quantitative estimate of drug-likeness (QED) is 0.789. The lowest BCUT2D eigenvalue weighted by molar-refractivity contribution is 0.0689. The van der Waals surface area contributed by atoms with Crippen LogP contribution in [0.1, 0.15) is 47.2 Å². The fourth-order valence-electron chi connectivity index (χ4n) is 3.45. The summed E-state index contributed by atoms with van der Waals surface area (Å²) in [5.74, 6) is 0.926. The molecule has 0 aliphatic heterocycles. The highest BCUT2D eigenvalue weighted by molar-refractivity contribution is 6.06. The zero-order chi connectivity index (χ0) is 14.9. The molecule has 1 aliphatic carbocycles. The summed E-state index contributed by atoms with van der Waals surface area (Å²) in [6.45, 7) is 4.03. The number of methoxy groups -OCH3 is 1. The third kappa shape index (κ3) is 2.35. The van der Waals surface area contributed by atoms with E-state index in [1.807, 2.05) is 34.0 Å². The Morgan fingerprint density at radius 3 is 2.30 bits per heavy atom. The largest absolute Gasteiger partial charge is 0.496 e. The van der Waals surface area contributed by atoms with Gasteiger partial charge in [0.15, 0.2) is 5.78 Å². The van der Waals surface area contributed by atoms with Crippen molar-refractivity contribution < 1.29 is 9.53 Å². The average Bonchev–Trinajstić information content (AvgIpc) is 2.87. The van der Waals surface area contributed by atoms with Crippen molar-refractivity contribution in [2.24, 2.45) is 0 Å². The second kappa shape index (κ2) is 5.57. The molecule has 0 unspecified atom stereocenters. The van der Waals surface area contributed by atoms with Gasteiger partial charge in [0.05, 0.1) is 18.2 Å². The predicted octanol–water partition coefficient (Wildman–Crippen LogP) is 3.37. The third-order valence-electron chi connectivity index (χ3n) is 4.60. The summed E-state index contributed by atoms with van der Waals surface area (Å²) in [5, 5.41) is 0. The Kier molecular flexibility index (Phi) is 4.19. The van der Waals surface area contributed by atoms with Gasteiger partial charge in [0.1, 0.15) is 5.75 Å². The van der Waals surface area contributed by atoms with Crippen molar-refractivity contribution in [2.75, 3.05) is 21.2 Å². The van der Waals surface area contributed by atoms with Crippen molar-refractivity contribution in [3.8, 4) is 5.75 Å². The van der Waals surface area contributed by atoms with Crippen LogP contribution in [0.5, 0.6) is 5.75 Å². The standard InChI is InChI=1S/C17H25NO2/c1-12-10-13(2)15(14(11-12)20-5)16(19)17(18(3)4)8-6-7-9-17/h10-11H,6-9H2,1-5H3. The maximum absolute atomic E-state index is 13.2. The van der Waals surface area contributed by atoms with Gasteiger partial charge in [0.2, 0.25) is 0 Å². The van der Waals surface area contributed by atoms with Crippen LogP contribution in [0.25, 0.3) is 0 Å². The smallest absolute Gasteiger partial charge is 0.187 e. The summed E-state index contributed by atoms with van der Waals surface area (Å²) in [6, 6.07) is 4.02. The van der Waals surface area contributed by atoms with Crippen LogP contribution in [0.3, 0.4) is 0 Å². The van der Waals surface area contributed by atoms with E-state index in [9.17, 15) is 4.79 Å². The minimum absolute atomic E-state index is 0.217. The van der Waals surface area contributed by atoms with Gasteiger partial charge in [-0.15, -0.1) is 0 Å². The molecule has 1 aliphatic rings. The second-order valence-corrected chi connectivity index (χ2v) is 6.12. The molecule has 1 aromatic rings. The molecule has 110 valence electrons. The number of likely N-dealkylation sites (N-methyl/N-ethyl adjacent to an activating group) is 1. The van der Waals surface area contributed by atoms with Gasteiger partial charge in [-0.05, 0) is 58.0 Å². The molecule has 3 nitrogen and oxygen atoms in total. The molecule has 2 rings (SSSR count). The van der Waals surface area contributed by atoms with Gasteiger partial charge in [-0.25, -0.2) is 0 Å². The number of hydrogen-bond acceptors (Lipinski definition) is 3. The normalized spacial score (nSPS) is 17.5. The molecule has 20 heavy (non-hydrogen) atoms. The van der Waals surface area contributed by atoms with Crippen LogP contribution in [-0.2, 0) is 0 Å². The lowest BCUT2D eigenvalue weighted by atomic mass is 9.84. The van der Waals surface area contributed by atoms with Crippen molar-refractivity contribution in [3.63, 3.8) is 0 Å². The summed E-state index contributed by atoms with van der Waals surface area (Å²) < 4.78 is 5.47. The fraction of sp³-hybridized carbons (Fsp3) is 0.588. The zero-order valence-electron chi connectivity index (χ0n) is 13.2. The summed E-state index contributed by atoms with van der Waals surface area (Å²) >= 11 is 0. The number of carbonyl (C=O) groups is 1. The Bertz CT molecular complexity index is 514. The van der Waals surface area contributed by atoms with Gasteiger partial charge in [0.25, 0.3) is 0 Å². The van der Waals surface area contributed by atoms with Gasteiger partial charge >= 0.3 is 0 Å². The van der Waals surface area contributed by atoms with E-state index in [0.29, 0.717) is 5.75 Å². The summed E-state index contributed by atoms with van der Waals surface area (Å²) in [7, 11) is 5.67. The van der Waals surface area contributed by atoms with Crippen LogP contribution < -0.4 is 4.74 Å². The first-order valence-corrected chi connectivity index (χ1v) is 7.30. The highest BCUT2D eigenvalue weighted by Crippen LogP contribution is 2.39. The molecule has 0 saturated heterocycles. The Labute approximate surface area is 121 Å². The molecule has 0 atom stereocenters. The first kappa shape index (κ1) is 15.0. The SMILES string of the molecule is COc1cc(C)cc(C)c1C(=O)C1(N(C)C)CCCC1. The lowest BCUT2D eigenvalue weighted by Gasteiger charge is -2.35. The molecule has 0 aromatic heterocycles. The van der Waals surface area contributed by atoms with Crippen LogP contribution in [0.2, 0.25) is 0 Å². The van der Waals surface area contributed by atoms with Gasteiger partial charge in [-0.2, -0.15) is 0 Å². The highest BCUT2D eigenvalue weighted by Gasteiger charge is 2.44. The minimum atomic E-state index is -0.354. The number of nitrogens with zero attached hydrogens (tertiary/aromatic N) is 1. The van der Waals surface area contributed by atoms with E-state index < -0.39 is 0 Å². The van der Waals surface area contributed by atoms with Crippen molar-refractivity contribution in [3.05, 3.63) is 28.8 Å². The number of Topliss-reactive ketones (excluding diaryl/α,β-unsaturated/α-hetero) is 1. The minimum Gasteiger partial charge on any atom is -0.496 e. The summed E-state index contributed by atoms with van der Waals surface area (Å²) in [4.78, 5) is 15.3. The molecular formula is C17H25NO2. The molecule has 0 N–H and O–H groups in total. The van der Waals surface area contributed by atoms with Crippen LogP contribution >= 0.6 is 0 Å². The van der Waals surface area contributed by atoms with Crippen molar-refractivity contribution in [1.82, 2.24) is 4.90 Å². The number of ketones is 1. The van der Waals surface area contributed by atoms with E-state index in [1.165, 1.54) is 0 Å². The Balaban J connectivity index is 2.53. The third-order valence-corrected chi connectivity index (χ3v) is 4.60. The van der Waals surface area contributed by atoms with Gasteiger partial charge in [0, 0.05) is 0 Å². The van der Waals surface area contributed by atoms with Crippen molar-refractivity contribution >= 4 is 5.78 Å². The van der Waals surface area contributed by atoms with E-state index in [2.05, 4.69) is 11.0 Å². The van der Waals surface area contributed by atoms with Gasteiger partial charge in [-0.3, -0.25) is 9.69 Å². The van der Waals surface area contributed by atoms with E-state index >= 15 is 0 Å². The fourth-order valence-corrected chi connectivity index (χ4v) is 3.45. The van der Waals surface area contributed by atoms with Crippen LogP contribution in [0, 0.1) is 13.8 Å². The number of rotatable bonds is 4. The number of aryl methyl sites for hydroxylation is 2. The molecule has 0 spiro atoms. The molecule has 0 heterocycles. The second-order valence-electron chi connectivity index (χ2n) is 6.12. The van der Waals surface area contributed by atoms with Crippen LogP contribution in [0.15, 0.2) is 12.1 Å². The lowest BCUT2D eigenvalue weighted by Crippen LogP contribution is -2.49. The molecule has 0 amide bonds. The van der Waals surface area contributed by atoms with E-state index in [-0.39, 0.29) is 11.3 Å². The Morgan fingerprint density at radius 1 is 1.20 bits per heavy atom. The van der Waals surface area contributed by atoms with Crippen LogP contribution in [0.4, 0.5) is 0 Å². The predicted molar refractivity (Wildman–Crippen MR) is 81.7 cm³/mol. The highest BCUT2D eigenvalue weighted by atomic mass is 16.5. The maximum Gasteiger partial charge on any atom is 0.187 e. The van der Waals surface area contributed by atoms with Crippen LogP contribution in [-0.4, -0.2) is 37.4 Å². The zero-order valence-corrected chi connectivity index (χ0v) is 13.2. The monoisotopic (exact) mass is 275 g/mol. The van der Waals surface area contributed by atoms with E-state index in [0.717, 1.165) is 42.4 Å². The number of carbonyl (C=O) groups excluding carboxylic acids is 1. The topological polar surface area (TPSA) is 29.5 Å². The molecule has 1 aromatic carbocycles. The summed E-state index contributed by atoms with van der Waals surface area (Å²) in [5.41, 5.74) is 2.54. The number of ether oxygens (including phenoxy) is 1. The number of benzene rings is 1. The van der Waals surface area contributed by atoms with Crippen molar-refractivity contribution in [2.45, 2.75) is 45.1 Å². The molecule has 0 radical (unpaired) electrons. The Morgan fingerprint density at radius 2 is 1.80 bits per heavy atom. The molecule has 0 bridgehead atoms. The summed E-state index contributed by atoms with van der Waals surface area (Å²) in [6.07, 6.45) is 4.12. The first-order chi connectivity index (χ1) is 9.42. The molecule has 3 heteroatoms. The van der Waals surface area contributed by atoms with Gasteiger partial charge < -0.3 is 4.74 Å². The maximum atomic E-state index is 13.2. The molecular weight excluding hydrogens is 250 g/mol. The van der Waals surface area contributed by atoms with E-state index in [4.69, 9.17) is 4.74 Å². The number of hydrogen-bond donors (Lipinski definition) is 0.